The number of nitrogens with zero attached hydrogens (tertiary/aromatic N) is 1. The van der Waals surface area contributed by atoms with Crippen LogP contribution in [0.5, 0.6) is 0 Å². The molecule has 0 aliphatic rings. The number of carbonyl (C=O) groups excluding carboxylic acids is 1. The molecule has 0 unspecified atom stereocenters. The zero-order valence-corrected chi connectivity index (χ0v) is 10.2. The van der Waals surface area contributed by atoms with Crippen molar-refractivity contribution < 1.29 is 19.4 Å². The number of anilines is 1. The molecule has 6 heteroatoms. The standard InChI is InChI=1S/C12H16N2O4/c1-2-18-8-4-6-10(15)14-11-9(12(16)17)5-3-7-13-11/h3,5,7H,2,4,6,8H2,1H3,(H,16,17)(H,13,14,15). The first-order valence-electron chi connectivity index (χ1n) is 5.71. The highest BCUT2D eigenvalue weighted by molar-refractivity contribution is 5.99. The van der Waals surface area contributed by atoms with Gasteiger partial charge < -0.3 is 15.2 Å². The van der Waals surface area contributed by atoms with Gasteiger partial charge in [0.15, 0.2) is 0 Å². The van der Waals surface area contributed by atoms with Crippen molar-refractivity contribution >= 4 is 17.7 Å². The molecule has 0 spiro atoms. The van der Waals surface area contributed by atoms with E-state index in [2.05, 4.69) is 10.3 Å². The minimum Gasteiger partial charge on any atom is -0.478 e. The molecule has 6 nitrogen and oxygen atoms in total. The summed E-state index contributed by atoms with van der Waals surface area (Å²) in [6.07, 6.45) is 2.30. The molecule has 0 saturated heterocycles. The third-order valence-corrected chi connectivity index (χ3v) is 2.19. The molecule has 0 aliphatic carbocycles. The van der Waals surface area contributed by atoms with Crippen molar-refractivity contribution in [3.63, 3.8) is 0 Å². The Morgan fingerprint density at radius 3 is 2.94 bits per heavy atom. The van der Waals surface area contributed by atoms with Crippen LogP contribution in [0.15, 0.2) is 18.3 Å². The van der Waals surface area contributed by atoms with Crippen molar-refractivity contribution in [2.24, 2.45) is 0 Å². The summed E-state index contributed by atoms with van der Waals surface area (Å²) in [6.45, 7) is 3.01. The van der Waals surface area contributed by atoms with E-state index in [9.17, 15) is 9.59 Å². The lowest BCUT2D eigenvalue weighted by molar-refractivity contribution is -0.116. The summed E-state index contributed by atoms with van der Waals surface area (Å²) < 4.78 is 5.11. The minimum atomic E-state index is -1.12. The van der Waals surface area contributed by atoms with E-state index in [4.69, 9.17) is 9.84 Å². The maximum atomic E-state index is 11.6. The van der Waals surface area contributed by atoms with Gasteiger partial charge in [-0.15, -0.1) is 0 Å². The molecule has 2 N–H and O–H groups in total. The predicted molar refractivity (Wildman–Crippen MR) is 65.6 cm³/mol. The lowest BCUT2D eigenvalue weighted by Gasteiger charge is -2.06. The van der Waals surface area contributed by atoms with Crippen LogP contribution in [0.3, 0.4) is 0 Å². The summed E-state index contributed by atoms with van der Waals surface area (Å²) in [6, 6.07) is 2.90. The smallest absolute Gasteiger partial charge is 0.339 e. The van der Waals surface area contributed by atoms with E-state index in [1.807, 2.05) is 6.92 Å². The topological polar surface area (TPSA) is 88.5 Å². The number of hydrogen-bond acceptors (Lipinski definition) is 4. The Labute approximate surface area is 105 Å². The zero-order valence-electron chi connectivity index (χ0n) is 10.2. The monoisotopic (exact) mass is 252 g/mol. The van der Waals surface area contributed by atoms with E-state index in [1.165, 1.54) is 18.3 Å². The van der Waals surface area contributed by atoms with Gasteiger partial charge in [-0.2, -0.15) is 0 Å². The molecule has 0 radical (unpaired) electrons. The number of carboxylic acids is 1. The van der Waals surface area contributed by atoms with Gasteiger partial charge in [0.1, 0.15) is 11.4 Å². The Kier molecular flexibility index (Phi) is 5.79. The van der Waals surface area contributed by atoms with Gasteiger partial charge in [0, 0.05) is 25.8 Å². The van der Waals surface area contributed by atoms with Crippen molar-refractivity contribution in [2.75, 3.05) is 18.5 Å². The molecule has 1 aromatic heterocycles. The van der Waals surface area contributed by atoms with E-state index in [1.54, 1.807) is 0 Å². The van der Waals surface area contributed by atoms with Gasteiger partial charge in [-0.1, -0.05) is 0 Å². The summed E-state index contributed by atoms with van der Waals surface area (Å²) in [4.78, 5) is 26.3. The molecule has 1 aromatic rings. The number of aromatic nitrogens is 1. The molecule has 1 amide bonds. The number of amides is 1. The Morgan fingerprint density at radius 1 is 1.50 bits per heavy atom. The number of pyridine rings is 1. The second kappa shape index (κ2) is 7.39. The predicted octanol–water partition coefficient (Wildman–Crippen LogP) is 1.54. The zero-order chi connectivity index (χ0) is 13.4. The first kappa shape index (κ1) is 14.1. The van der Waals surface area contributed by atoms with E-state index >= 15 is 0 Å². The van der Waals surface area contributed by atoms with Gasteiger partial charge >= 0.3 is 5.97 Å². The fourth-order valence-electron chi connectivity index (χ4n) is 1.35. The summed E-state index contributed by atoms with van der Waals surface area (Å²) in [5, 5.41) is 11.4. The highest BCUT2D eigenvalue weighted by Gasteiger charge is 2.12. The van der Waals surface area contributed by atoms with E-state index in [-0.39, 0.29) is 23.7 Å². The number of hydrogen-bond donors (Lipinski definition) is 2. The van der Waals surface area contributed by atoms with Crippen molar-refractivity contribution in [1.82, 2.24) is 4.98 Å². The quantitative estimate of drug-likeness (QED) is 0.718. The van der Waals surface area contributed by atoms with E-state index < -0.39 is 5.97 Å². The molecule has 0 atom stereocenters. The SMILES string of the molecule is CCOCCCC(=O)Nc1ncccc1C(=O)O. The molecule has 0 aliphatic heterocycles. The Morgan fingerprint density at radius 2 is 2.28 bits per heavy atom. The highest BCUT2D eigenvalue weighted by Crippen LogP contribution is 2.11. The largest absolute Gasteiger partial charge is 0.478 e. The fourth-order valence-corrected chi connectivity index (χ4v) is 1.35. The van der Waals surface area contributed by atoms with Crippen LogP contribution in [0.25, 0.3) is 0 Å². The summed E-state index contributed by atoms with van der Waals surface area (Å²) in [5.41, 5.74) is -0.0179. The van der Waals surface area contributed by atoms with Crippen LogP contribution in [0.1, 0.15) is 30.1 Å². The molecule has 98 valence electrons. The Balaban J connectivity index is 2.51. The van der Waals surface area contributed by atoms with Crippen LogP contribution >= 0.6 is 0 Å². The van der Waals surface area contributed by atoms with E-state index in [0.717, 1.165) is 0 Å². The van der Waals surface area contributed by atoms with Crippen LogP contribution in [0.2, 0.25) is 0 Å². The van der Waals surface area contributed by atoms with Gasteiger partial charge in [-0.05, 0) is 25.5 Å². The summed E-state index contributed by atoms with van der Waals surface area (Å²) in [5.74, 6) is -1.31. The molecule has 1 heterocycles. The van der Waals surface area contributed by atoms with E-state index in [0.29, 0.717) is 19.6 Å². The normalized spacial score (nSPS) is 10.1. The number of ether oxygens (including phenoxy) is 1. The lowest BCUT2D eigenvalue weighted by atomic mass is 10.2. The molecule has 0 saturated carbocycles. The number of carbonyl (C=O) groups is 2. The first-order chi connectivity index (χ1) is 8.65. The van der Waals surface area contributed by atoms with Crippen LogP contribution in [-0.2, 0) is 9.53 Å². The molecule has 0 aromatic carbocycles. The lowest BCUT2D eigenvalue weighted by Crippen LogP contribution is -2.16. The summed E-state index contributed by atoms with van der Waals surface area (Å²) in [7, 11) is 0. The second-order valence-corrected chi connectivity index (χ2v) is 3.55. The first-order valence-corrected chi connectivity index (χ1v) is 5.71. The van der Waals surface area contributed by atoms with Gasteiger partial charge in [-0.25, -0.2) is 9.78 Å². The summed E-state index contributed by atoms with van der Waals surface area (Å²) >= 11 is 0. The van der Waals surface area contributed by atoms with Crippen LogP contribution in [-0.4, -0.2) is 35.2 Å². The third kappa shape index (κ3) is 4.50. The molecule has 1 rings (SSSR count). The van der Waals surface area contributed by atoms with Gasteiger partial charge in [-0.3, -0.25) is 4.79 Å². The van der Waals surface area contributed by atoms with Gasteiger partial charge in [0.05, 0.1) is 0 Å². The average molecular weight is 252 g/mol. The average Bonchev–Trinajstić information content (AvgIpc) is 2.35. The van der Waals surface area contributed by atoms with Gasteiger partial charge in [0.25, 0.3) is 0 Å². The van der Waals surface area contributed by atoms with Crippen molar-refractivity contribution in [1.29, 1.82) is 0 Å². The molecular weight excluding hydrogens is 236 g/mol. The highest BCUT2D eigenvalue weighted by atomic mass is 16.5. The second-order valence-electron chi connectivity index (χ2n) is 3.55. The molecule has 0 fully saturated rings. The maximum Gasteiger partial charge on any atom is 0.339 e. The Bertz CT molecular complexity index is 420. The van der Waals surface area contributed by atoms with Crippen LogP contribution in [0, 0.1) is 0 Å². The van der Waals surface area contributed by atoms with Crippen LogP contribution in [0.4, 0.5) is 5.82 Å². The van der Waals surface area contributed by atoms with Crippen molar-refractivity contribution in [3.05, 3.63) is 23.9 Å². The van der Waals surface area contributed by atoms with Gasteiger partial charge in [0.2, 0.25) is 5.91 Å². The van der Waals surface area contributed by atoms with Crippen molar-refractivity contribution in [3.8, 4) is 0 Å². The number of rotatable bonds is 7. The molecule has 18 heavy (non-hydrogen) atoms. The maximum absolute atomic E-state index is 11.6. The van der Waals surface area contributed by atoms with Crippen molar-refractivity contribution in [2.45, 2.75) is 19.8 Å². The minimum absolute atomic E-state index is 0.0179. The molecular formula is C12H16N2O4. The fraction of sp³-hybridized carbons (Fsp3) is 0.417. The third-order valence-electron chi connectivity index (χ3n) is 2.19. The number of carboxylic acid groups (broad SMARTS) is 1. The number of nitrogens with one attached hydrogen (secondary N) is 1. The molecule has 0 bridgehead atoms. The Hall–Kier alpha value is -1.95. The van der Waals surface area contributed by atoms with Crippen LogP contribution < -0.4 is 5.32 Å². The number of aromatic carboxylic acids is 1.